The molecule has 0 fully saturated rings. The van der Waals surface area contributed by atoms with Crippen molar-refractivity contribution < 1.29 is 9.21 Å². The van der Waals surface area contributed by atoms with E-state index >= 15 is 0 Å². The van der Waals surface area contributed by atoms with E-state index in [9.17, 15) is 4.79 Å². The lowest BCUT2D eigenvalue weighted by atomic mass is 10.1. The highest BCUT2D eigenvalue weighted by molar-refractivity contribution is 5.96. The van der Waals surface area contributed by atoms with E-state index in [1.165, 1.54) is 18.7 Å². The summed E-state index contributed by atoms with van der Waals surface area (Å²) in [6.07, 6.45) is 5.00. The maximum Gasteiger partial charge on any atom is 0.265 e. The number of nitrogens with zero attached hydrogens (tertiary/aromatic N) is 1. The number of oxazole rings is 1. The second-order valence-electron chi connectivity index (χ2n) is 2.53. The number of carbonyl (C=O) groups excluding carboxylic acids is 1. The lowest BCUT2D eigenvalue weighted by molar-refractivity contribution is 0.0913. The topological polar surface area (TPSA) is 55.1 Å². The molecule has 0 aliphatic heterocycles. The molecule has 70 valence electrons. The van der Waals surface area contributed by atoms with Gasteiger partial charge in [-0.05, 0) is 12.6 Å². The van der Waals surface area contributed by atoms with E-state index in [4.69, 9.17) is 4.42 Å². The highest BCUT2D eigenvalue weighted by Crippen LogP contribution is 2.03. The van der Waals surface area contributed by atoms with Gasteiger partial charge in [-0.15, -0.1) is 0 Å². The van der Waals surface area contributed by atoms with Gasteiger partial charge in [-0.3, -0.25) is 4.79 Å². The zero-order valence-corrected chi connectivity index (χ0v) is 7.49. The molecule has 0 aliphatic carbocycles. The fourth-order valence-corrected chi connectivity index (χ4v) is 1.02. The number of carbonyl (C=O) groups is 1. The van der Waals surface area contributed by atoms with E-state index < -0.39 is 0 Å². The van der Waals surface area contributed by atoms with Crippen LogP contribution in [0.25, 0.3) is 0 Å². The minimum atomic E-state index is -0.295. The van der Waals surface area contributed by atoms with Gasteiger partial charge in [0.25, 0.3) is 5.89 Å². The second-order valence-corrected chi connectivity index (χ2v) is 2.53. The third-order valence-electron chi connectivity index (χ3n) is 1.69. The number of aromatic nitrogens is 1. The van der Waals surface area contributed by atoms with Crippen molar-refractivity contribution in [2.45, 2.75) is 19.4 Å². The molecule has 1 atom stereocenters. The summed E-state index contributed by atoms with van der Waals surface area (Å²) in [6, 6.07) is -0.295. The molecule has 13 heavy (non-hydrogen) atoms. The molecule has 0 aliphatic rings. The Bertz CT molecular complexity index is 280. The summed E-state index contributed by atoms with van der Waals surface area (Å²) in [5, 5.41) is 2.83. The van der Waals surface area contributed by atoms with Gasteiger partial charge in [0, 0.05) is 0 Å². The monoisotopic (exact) mass is 180 g/mol. The van der Waals surface area contributed by atoms with E-state index in [0.717, 1.165) is 0 Å². The van der Waals surface area contributed by atoms with Gasteiger partial charge in [0.15, 0.2) is 0 Å². The average molecular weight is 180 g/mol. The van der Waals surface area contributed by atoms with Crippen molar-refractivity contribution in [3.8, 4) is 0 Å². The molecule has 0 radical (unpaired) electrons. The molecule has 0 saturated carbocycles. The van der Waals surface area contributed by atoms with Gasteiger partial charge in [0.1, 0.15) is 6.26 Å². The standard InChI is InChI=1S/C9H12N2O2/c1-3-7(10-4-2)8(12)9-11-5-6-13-9/h4-7,10H,2-3H2,1H3/t7-/m0/s1. The van der Waals surface area contributed by atoms with Crippen LogP contribution in [0.15, 0.2) is 29.7 Å². The summed E-state index contributed by atoms with van der Waals surface area (Å²) in [7, 11) is 0. The number of rotatable bonds is 5. The van der Waals surface area contributed by atoms with Gasteiger partial charge in [-0.25, -0.2) is 4.98 Å². The molecule has 0 amide bonds. The van der Waals surface area contributed by atoms with E-state index in [2.05, 4.69) is 16.9 Å². The quantitative estimate of drug-likeness (QED) is 0.695. The molecular formula is C9H12N2O2. The molecule has 1 aromatic heterocycles. The van der Waals surface area contributed by atoms with Crippen LogP contribution in [0.4, 0.5) is 0 Å². The first-order valence-corrected chi connectivity index (χ1v) is 4.10. The minimum Gasteiger partial charge on any atom is -0.442 e. The minimum absolute atomic E-state index is 0.140. The third kappa shape index (κ3) is 2.18. The van der Waals surface area contributed by atoms with E-state index in [0.29, 0.717) is 6.42 Å². The van der Waals surface area contributed by atoms with Gasteiger partial charge in [-0.2, -0.15) is 0 Å². The first kappa shape index (κ1) is 9.51. The normalized spacial score (nSPS) is 12.1. The molecule has 1 rings (SSSR count). The molecular weight excluding hydrogens is 168 g/mol. The van der Waals surface area contributed by atoms with Crippen molar-refractivity contribution in [1.29, 1.82) is 0 Å². The second kappa shape index (κ2) is 4.45. The van der Waals surface area contributed by atoms with Gasteiger partial charge < -0.3 is 9.73 Å². The smallest absolute Gasteiger partial charge is 0.265 e. The Morgan fingerprint density at radius 2 is 2.69 bits per heavy atom. The highest BCUT2D eigenvalue weighted by atomic mass is 16.3. The fraction of sp³-hybridized carbons (Fsp3) is 0.333. The average Bonchev–Trinajstić information content (AvgIpc) is 2.65. The maximum atomic E-state index is 11.6. The Labute approximate surface area is 76.7 Å². The van der Waals surface area contributed by atoms with Crippen LogP contribution in [0.3, 0.4) is 0 Å². The van der Waals surface area contributed by atoms with Crippen LogP contribution in [0.5, 0.6) is 0 Å². The molecule has 1 heterocycles. The Morgan fingerprint density at radius 1 is 1.92 bits per heavy atom. The molecule has 0 unspecified atom stereocenters. The Morgan fingerprint density at radius 3 is 3.15 bits per heavy atom. The van der Waals surface area contributed by atoms with Gasteiger partial charge >= 0.3 is 0 Å². The van der Waals surface area contributed by atoms with Crippen LogP contribution in [0, 0.1) is 0 Å². The number of nitrogens with one attached hydrogen (secondary N) is 1. The van der Waals surface area contributed by atoms with Crippen molar-refractivity contribution in [3.63, 3.8) is 0 Å². The summed E-state index contributed by atoms with van der Waals surface area (Å²) in [6.45, 7) is 5.40. The molecule has 4 nitrogen and oxygen atoms in total. The lowest BCUT2D eigenvalue weighted by Gasteiger charge is -2.10. The summed E-state index contributed by atoms with van der Waals surface area (Å²) < 4.78 is 4.89. The largest absolute Gasteiger partial charge is 0.442 e. The van der Waals surface area contributed by atoms with Gasteiger partial charge in [0.2, 0.25) is 5.78 Å². The number of hydrogen-bond acceptors (Lipinski definition) is 4. The molecule has 0 spiro atoms. The van der Waals surface area contributed by atoms with Gasteiger partial charge in [0.05, 0.1) is 12.2 Å². The molecule has 4 heteroatoms. The predicted molar refractivity (Wildman–Crippen MR) is 48.2 cm³/mol. The van der Waals surface area contributed by atoms with Crippen molar-refractivity contribution >= 4 is 5.78 Å². The van der Waals surface area contributed by atoms with Crippen LogP contribution < -0.4 is 5.32 Å². The zero-order valence-electron chi connectivity index (χ0n) is 7.49. The van der Waals surface area contributed by atoms with E-state index in [1.54, 1.807) is 0 Å². The van der Waals surface area contributed by atoms with Crippen LogP contribution in [0.1, 0.15) is 24.0 Å². The van der Waals surface area contributed by atoms with Crippen LogP contribution in [-0.4, -0.2) is 16.8 Å². The Balaban J connectivity index is 2.70. The summed E-state index contributed by atoms with van der Waals surface area (Å²) in [4.78, 5) is 15.3. The zero-order chi connectivity index (χ0) is 9.68. The predicted octanol–water partition coefficient (Wildman–Crippen LogP) is 1.37. The van der Waals surface area contributed by atoms with Crippen molar-refractivity contribution in [2.24, 2.45) is 0 Å². The Kier molecular flexibility index (Phi) is 3.25. The fourth-order valence-electron chi connectivity index (χ4n) is 1.02. The van der Waals surface area contributed by atoms with E-state index in [-0.39, 0.29) is 17.7 Å². The SMILES string of the molecule is C=CN[C@@H](CC)C(=O)c1ncco1. The Hall–Kier alpha value is -1.58. The van der Waals surface area contributed by atoms with Crippen LogP contribution in [-0.2, 0) is 0 Å². The summed E-state index contributed by atoms with van der Waals surface area (Å²) in [5.74, 6) is -0.00593. The highest BCUT2D eigenvalue weighted by Gasteiger charge is 2.20. The molecule has 0 aromatic carbocycles. The lowest BCUT2D eigenvalue weighted by Crippen LogP contribution is -2.32. The maximum absolute atomic E-state index is 11.6. The first-order valence-electron chi connectivity index (χ1n) is 4.10. The number of ketones is 1. The number of Topliss-reactive ketones (excluding diaryl/α,β-unsaturated/α-hetero) is 1. The summed E-state index contributed by atoms with van der Waals surface area (Å²) >= 11 is 0. The summed E-state index contributed by atoms with van der Waals surface area (Å²) in [5.41, 5.74) is 0. The van der Waals surface area contributed by atoms with Crippen molar-refractivity contribution in [2.75, 3.05) is 0 Å². The molecule has 1 aromatic rings. The van der Waals surface area contributed by atoms with Crippen LogP contribution >= 0.6 is 0 Å². The van der Waals surface area contributed by atoms with Gasteiger partial charge in [-0.1, -0.05) is 13.5 Å². The first-order chi connectivity index (χ1) is 6.29. The molecule has 0 saturated heterocycles. The third-order valence-corrected chi connectivity index (χ3v) is 1.69. The van der Waals surface area contributed by atoms with Crippen LogP contribution in [0.2, 0.25) is 0 Å². The molecule has 0 bridgehead atoms. The molecule has 1 N–H and O–H groups in total. The number of hydrogen-bond donors (Lipinski definition) is 1. The van der Waals surface area contributed by atoms with Crippen molar-refractivity contribution in [1.82, 2.24) is 10.3 Å². The van der Waals surface area contributed by atoms with Crippen molar-refractivity contribution in [3.05, 3.63) is 31.1 Å². The van der Waals surface area contributed by atoms with E-state index in [1.807, 2.05) is 6.92 Å².